The van der Waals surface area contributed by atoms with Gasteiger partial charge in [0.2, 0.25) is 0 Å². The van der Waals surface area contributed by atoms with Gasteiger partial charge in [-0.25, -0.2) is 19.9 Å². The molecular weight excluding hydrogens is 340 g/mol. The van der Waals surface area contributed by atoms with Crippen molar-refractivity contribution in [2.75, 3.05) is 43.1 Å². The summed E-state index contributed by atoms with van der Waals surface area (Å²) in [7, 11) is 1.70. The zero-order valence-electron chi connectivity index (χ0n) is 17.3. The highest BCUT2D eigenvalue weighted by molar-refractivity contribution is 5.46. The first-order valence-electron chi connectivity index (χ1n) is 9.46. The number of anilines is 2. The summed E-state index contributed by atoms with van der Waals surface area (Å²) < 4.78 is 5.30. The molecule has 2 aromatic heterocycles. The molecule has 0 spiro atoms. The Labute approximate surface area is 161 Å². The van der Waals surface area contributed by atoms with Gasteiger partial charge in [0.15, 0.2) is 0 Å². The first-order chi connectivity index (χ1) is 12.8. The van der Waals surface area contributed by atoms with E-state index in [9.17, 15) is 0 Å². The van der Waals surface area contributed by atoms with E-state index in [-0.39, 0.29) is 5.41 Å². The van der Waals surface area contributed by atoms with E-state index >= 15 is 0 Å². The number of hydrogen-bond donors (Lipinski definition) is 0. The molecule has 0 atom stereocenters. The van der Waals surface area contributed by atoms with E-state index in [1.54, 1.807) is 7.11 Å². The van der Waals surface area contributed by atoms with E-state index in [1.165, 1.54) is 0 Å². The zero-order chi connectivity index (χ0) is 19.6. The molecule has 0 aromatic carbocycles. The second-order valence-electron chi connectivity index (χ2n) is 8.11. The van der Waals surface area contributed by atoms with Crippen LogP contribution in [0.2, 0.25) is 0 Å². The summed E-state index contributed by atoms with van der Waals surface area (Å²) >= 11 is 0. The average Bonchev–Trinajstić information content (AvgIpc) is 2.60. The highest BCUT2D eigenvalue weighted by atomic mass is 16.5. The van der Waals surface area contributed by atoms with Crippen molar-refractivity contribution in [3.05, 3.63) is 35.2 Å². The Morgan fingerprint density at radius 3 is 2.00 bits per heavy atom. The summed E-state index contributed by atoms with van der Waals surface area (Å²) in [5, 5.41) is 0. The standard InChI is InChI=1S/C20H30N6O/c1-14-11-17(22-15(2)21-14)25-7-9-26(10-8-25)18-12-16(13-27-6)23-19(24-18)20(3,4)5/h11-12H,7-10,13H2,1-6H3. The van der Waals surface area contributed by atoms with Gasteiger partial charge in [0.05, 0.1) is 12.3 Å². The van der Waals surface area contributed by atoms with Gasteiger partial charge in [-0.1, -0.05) is 20.8 Å². The number of methoxy groups -OCH3 is 1. The van der Waals surface area contributed by atoms with Gasteiger partial charge in [0, 0.05) is 56.5 Å². The number of ether oxygens (including phenoxy) is 1. The average molecular weight is 371 g/mol. The predicted octanol–water partition coefficient (Wildman–Crippen LogP) is 2.65. The Morgan fingerprint density at radius 2 is 1.48 bits per heavy atom. The molecule has 0 unspecified atom stereocenters. The van der Waals surface area contributed by atoms with Gasteiger partial charge in [0.25, 0.3) is 0 Å². The van der Waals surface area contributed by atoms with Gasteiger partial charge in [-0.15, -0.1) is 0 Å². The normalized spacial score (nSPS) is 15.3. The Bertz CT molecular complexity index is 773. The van der Waals surface area contributed by atoms with Crippen LogP contribution in [0.4, 0.5) is 11.6 Å². The van der Waals surface area contributed by atoms with Gasteiger partial charge in [-0.05, 0) is 13.8 Å². The zero-order valence-corrected chi connectivity index (χ0v) is 17.3. The third-order valence-electron chi connectivity index (χ3n) is 4.61. The molecule has 0 radical (unpaired) electrons. The van der Waals surface area contributed by atoms with E-state index in [0.717, 1.165) is 60.9 Å². The van der Waals surface area contributed by atoms with Crippen LogP contribution in [0.1, 0.15) is 43.8 Å². The van der Waals surface area contributed by atoms with Crippen LogP contribution in [0.3, 0.4) is 0 Å². The summed E-state index contributed by atoms with van der Waals surface area (Å²) in [4.78, 5) is 23.1. The van der Waals surface area contributed by atoms with Crippen molar-refractivity contribution in [1.82, 2.24) is 19.9 Å². The van der Waals surface area contributed by atoms with Crippen molar-refractivity contribution in [3.8, 4) is 0 Å². The van der Waals surface area contributed by atoms with E-state index in [4.69, 9.17) is 9.72 Å². The van der Waals surface area contributed by atoms with E-state index in [2.05, 4.69) is 51.6 Å². The molecule has 27 heavy (non-hydrogen) atoms. The van der Waals surface area contributed by atoms with Crippen molar-refractivity contribution in [3.63, 3.8) is 0 Å². The third kappa shape index (κ3) is 4.71. The van der Waals surface area contributed by atoms with Gasteiger partial charge >= 0.3 is 0 Å². The van der Waals surface area contributed by atoms with Crippen LogP contribution in [0.15, 0.2) is 12.1 Å². The number of rotatable bonds is 4. The molecule has 2 aromatic rings. The number of aromatic nitrogens is 4. The Hall–Kier alpha value is -2.28. The fourth-order valence-corrected chi connectivity index (χ4v) is 3.23. The minimum absolute atomic E-state index is 0.101. The van der Waals surface area contributed by atoms with Crippen molar-refractivity contribution in [1.29, 1.82) is 0 Å². The van der Waals surface area contributed by atoms with Gasteiger partial charge < -0.3 is 14.5 Å². The molecule has 1 aliphatic heterocycles. The van der Waals surface area contributed by atoms with Crippen molar-refractivity contribution >= 4 is 11.6 Å². The topological polar surface area (TPSA) is 67.3 Å². The minimum atomic E-state index is -0.101. The van der Waals surface area contributed by atoms with Crippen LogP contribution in [-0.2, 0) is 16.8 Å². The molecule has 3 rings (SSSR count). The van der Waals surface area contributed by atoms with Gasteiger partial charge in [-0.3, -0.25) is 0 Å². The summed E-state index contributed by atoms with van der Waals surface area (Å²) in [5.74, 6) is 3.67. The smallest absolute Gasteiger partial charge is 0.136 e. The van der Waals surface area contributed by atoms with Crippen molar-refractivity contribution < 1.29 is 4.74 Å². The molecule has 0 bridgehead atoms. The molecule has 1 aliphatic rings. The largest absolute Gasteiger partial charge is 0.378 e. The summed E-state index contributed by atoms with van der Waals surface area (Å²) in [6.45, 7) is 14.5. The van der Waals surface area contributed by atoms with E-state index in [1.807, 2.05) is 19.9 Å². The van der Waals surface area contributed by atoms with Crippen LogP contribution in [0.25, 0.3) is 0 Å². The number of nitrogens with zero attached hydrogens (tertiary/aromatic N) is 6. The molecule has 0 N–H and O–H groups in total. The molecule has 1 saturated heterocycles. The lowest BCUT2D eigenvalue weighted by atomic mass is 9.95. The minimum Gasteiger partial charge on any atom is -0.378 e. The molecule has 146 valence electrons. The summed E-state index contributed by atoms with van der Waals surface area (Å²) in [6, 6.07) is 4.11. The summed E-state index contributed by atoms with van der Waals surface area (Å²) in [6.07, 6.45) is 0. The molecule has 7 nitrogen and oxygen atoms in total. The van der Waals surface area contributed by atoms with E-state index in [0.29, 0.717) is 6.61 Å². The van der Waals surface area contributed by atoms with Crippen LogP contribution in [0, 0.1) is 13.8 Å². The molecule has 1 fully saturated rings. The van der Waals surface area contributed by atoms with Crippen LogP contribution >= 0.6 is 0 Å². The molecule has 0 aliphatic carbocycles. The van der Waals surface area contributed by atoms with E-state index < -0.39 is 0 Å². The highest BCUT2D eigenvalue weighted by Crippen LogP contribution is 2.24. The second kappa shape index (κ2) is 7.76. The lowest BCUT2D eigenvalue weighted by Crippen LogP contribution is -2.47. The Kier molecular flexibility index (Phi) is 5.60. The van der Waals surface area contributed by atoms with Crippen molar-refractivity contribution in [2.45, 2.75) is 46.6 Å². The van der Waals surface area contributed by atoms with Crippen LogP contribution in [0.5, 0.6) is 0 Å². The molecular formula is C20H30N6O. The fourth-order valence-electron chi connectivity index (χ4n) is 3.23. The number of hydrogen-bond acceptors (Lipinski definition) is 7. The SMILES string of the molecule is COCc1cc(N2CCN(c3cc(C)nc(C)n3)CC2)nc(C(C)(C)C)n1. The number of piperazine rings is 1. The quantitative estimate of drug-likeness (QED) is 0.819. The van der Waals surface area contributed by atoms with Crippen LogP contribution in [-0.4, -0.2) is 53.2 Å². The third-order valence-corrected chi connectivity index (χ3v) is 4.61. The molecule has 3 heterocycles. The monoisotopic (exact) mass is 370 g/mol. The number of aryl methyl sites for hydroxylation is 2. The first-order valence-corrected chi connectivity index (χ1v) is 9.46. The molecule has 0 amide bonds. The Balaban J connectivity index is 1.78. The lowest BCUT2D eigenvalue weighted by molar-refractivity contribution is 0.181. The van der Waals surface area contributed by atoms with Gasteiger partial charge in [-0.2, -0.15) is 0 Å². The van der Waals surface area contributed by atoms with Gasteiger partial charge in [0.1, 0.15) is 23.3 Å². The van der Waals surface area contributed by atoms with Crippen molar-refractivity contribution in [2.24, 2.45) is 0 Å². The molecule has 7 heteroatoms. The maximum absolute atomic E-state index is 5.30. The summed E-state index contributed by atoms with van der Waals surface area (Å²) in [5.41, 5.74) is 1.84. The maximum Gasteiger partial charge on any atom is 0.136 e. The highest BCUT2D eigenvalue weighted by Gasteiger charge is 2.24. The van der Waals surface area contributed by atoms with Crippen LogP contribution < -0.4 is 9.80 Å². The lowest BCUT2D eigenvalue weighted by Gasteiger charge is -2.36. The fraction of sp³-hybridized carbons (Fsp3) is 0.600. The Morgan fingerprint density at radius 1 is 0.889 bits per heavy atom. The second-order valence-corrected chi connectivity index (χ2v) is 8.11. The first kappa shape index (κ1) is 19.5. The molecule has 0 saturated carbocycles. The maximum atomic E-state index is 5.30. The predicted molar refractivity (Wildman–Crippen MR) is 107 cm³/mol.